The predicted molar refractivity (Wildman–Crippen MR) is 52.7 cm³/mol. The molecule has 0 N–H and O–H groups in total. The monoisotopic (exact) mass is 175 g/mol. The molecule has 0 aliphatic carbocycles. The minimum absolute atomic E-state index is 0.984. The summed E-state index contributed by atoms with van der Waals surface area (Å²) < 4.78 is 0. The zero-order chi connectivity index (χ0) is 9.52. The van der Waals surface area contributed by atoms with Gasteiger partial charge in [0.1, 0.15) is 0 Å². The van der Waals surface area contributed by atoms with Gasteiger partial charge in [-0.1, -0.05) is 32.0 Å². The maximum Gasteiger partial charge on any atom is 0.0856 e. The summed E-state index contributed by atoms with van der Waals surface area (Å²) in [4.78, 5) is 1.58. The van der Waals surface area contributed by atoms with Gasteiger partial charge in [0.05, 0.1) is 18.1 Å². The number of hydrogen-bond acceptors (Lipinski definition) is 2. The van der Waals surface area contributed by atoms with Crippen molar-refractivity contribution in [2.24, 2.45) is 0 Å². The normalized spacial score (nSPS) is 8.77. The molecular weight excluding hydrogens is 162 g/mol. The van der Waals surface area contributed by atoms with Crippen LogP contribution in [0.25, 0.3) is 5.69 Å². The zero-order valence-corrected chi connectivity index (χ0v) is 7.88. The van der Waals surface area contributed by atoms with Crippen LogP contribution >= 0.6 is 0 Å². The molecule has 2 aromatic rings. The summed E-state index contributed by atoms with van der Waals surface area (Å²) in [5, 5.41) is 7.98. The average molecular weight is 175 g/mol. The fourth-order valence-electron chi connectivity index (χ4n) is 0.910. The predicted octanol–water partition coefficient (Wildman–Crippen LogP) is 2.29. The molecule has 1 aromatic carbocycles. The Morgan fingerprint density at radius 3 is 2.00 bits per heavy atom. The Hall–Kier alpha value is -1.64. The van der Waals surface area contributed by atoms with E-state index in [-0.39, 0.29) is 0 Å². The highest BCUT2D eigenvalue weighted by atomic mass is 15.5. The van der Waals surface area contributed by atoms with Gasteiger partial charge in [0.15, 0.2) is 0 Å². The highest BCUT2D eigenvalue weighted by Crippen LogP contribution is 2.00. The Morgan fingerprint density at radius 1 is 0.923 bits per heavy atom. The average Bonchev–Trinajstić information content (AvgIpc) is 2.75. The molecule has 13 heavy (non-hydrogen) atoms. The number of para-hydroxylation sites is 1. The van der Waals surface area contributed by atoms with Crippen LogP contribution in [0.2, 0.25) is 0 Å². The van der Waals surface area contributed by atoms with E-state index < -0.39 is 0 Å². The van der Waals surface area contributed by atoms with Gasteiger partial charge in [-0.25, -0.2) is 0 Å². The lowest BCUT2D eigenvalue weighted by atomic mass is 10.3. The Balaban J connectivity index is 0.000000396. The summed E-state index contributed by atoms with van der Waals surface area (Å²) >= 11 is 0. The van der Waals surface area contributed by atoms with Crippen molar-refractivity contribution in [3.05, 3.63) is 42.7 Å². The van der Waals surface area contributed by atoms with Crippen LogP contribution in [0.15, 0.2) is 42.7 Å². The molecule has 0 saturated heterocycles. The SMILES string of the molecule is CC.c1ccc(-n2nccn2)cc1. The molecule has 0 bridgehead atoms. The van der Waals surface area contributed by atoms with E-state index in [1.165, 1.54) is 0 Å². The van der Waals surface area contributed by atoms with Crippen LogP contribution in [0.4, 0.5) is 0 Å². The molecule has 1 heterocycles. The first-order valence-corrected chi connectivity index (χ1v) is 4.38. The van der Waals surface area contributed by atoms with Crippen LogP contribution in [0.5, 0.6) is 0 Å². The number of rotatable bonds is 1. The van der Waals surface area contributed by atoms with Crippen molar-refractivity contribution in [3.63, 3.8) is 0 Å². The van der Waals surface area contributed by atoms with Gasteiger partial charge in [-0.2, -0.15) is 15.0 Å². The van der Waals surface area contributed by atoms with Gasteiger partial charge in [0.25, 0.3) is 0 Å². The molecule has 0 radical (unpaired) electrons. The highest BCUT2D eigenvalue weighted by molar-refractivity contribution is 5.27. The number of aromatic nitrogens is 3. The summed E-state index contributed by atoms with van der Waals surface area (Å²) in [5.74, 6) is 0. The molecule has 0 aliphatic heterocycles. The first-order chi connectivity index (χ1) is 6.47. The van der Waals surface area contributed by atoms with Crippen LogP contribution in [0.3, 0.4) is 0 Å². The summed E-state index contributed by atoms with van der Waals surface area (Å²) in [7, 11) is 0. The third-order valence-corrected chi connectivity index (χ3v) is 1.41. The van der Waals surface area contributed by atoms with E-state index in [9.17, 15) is 0 Å². The van der Waals surface area contributed by atoms with E-state index in [1.54, 1.807) is 17.2 Å². The van der Waals surface area contributed by atoms with Crippen LogP contribution in [0, 0.1) is 0 Å². The number of benzene rings is 1. The number of nitrogens with zero attached hydrogens (tertiary/aromatic N) is 3. The maximum atomic E-state index is 3.99. The van der Waals surface area contributed by atoms with Crippen LogP contribution in [-0.2, 0) is 0 Å². The zero-order valence-electron chi connectivity index (χ0n) is 7.88. The summed E-state index contributed by atoms with van der Waals surface area (Å²) in [5.41, 5.74) is 0.984. The maximum absolute atomic E-state index is 3.99. The summed E-state index contributed by atoms with van der Waals surface area (Å²) in [6.07, 6.45) is 3.32. The molecule has 3 heteroatoms. The van der Waals surface area contributed by atoms with Crippen molar-refractivity contribution in [1.82, 2.24) is 15.0 Å². The molecule has 0 saturated carbocycles. The van der Waals surface area contributed by atoms with Crippen molar-refractivity contribution in [2.75, 3.05) is 0 Å². The molecule has 0 unspecified atom stereocenters. The largest absolute Gasteiger partial charge is 0.157 e. The molecule has 2 rings (SSSR count). The van der Waals surface area contributed by atoms with Gasteiger partial charge in [-0.15, -0.1) is 0 Å². The van der Waals surface area contributed by atoms with Gasteiger partial charge in [-0.3, -0.25) is 0 Å². The first-order valence-electron chi connectivity index (χ1n) is 4.38. The quantitative estimate of drug-likeness (QED) is 0.665. The molecule has 68 valence electrons. The van der Waals surface area contributed by atoms with Gasteiger partial charge in [-0.05, 0) is 12.1 Å². The van der Waals surface area contributed by atoms with E-state index >= 15 is 0 Å². The molecule has 0 fully saturated rings. The van der Waals surface area contributed by atoms with Crippen molar-refractivity contribution >= 4 is 0 Å². The number of hydrogen-bond donors (Lipinski definition) is 0. The fourth-order valence-corrected chi connectivity index (χ4v) is 0.910. The first kappa shape index (κ1) is 9.45. The van der Waals surface area contributed by atoms with Gasteiger partial charge < -0.3 is 0 Å². The lowest BCUT2D eigenvalue weighted by molar-refractivity contribution is 0.752. The lowest BCUT2D eigenvalue weighted by Crippen LogP contribution is -1.96. The molecule has 1 aromatic heterocycles. The van der Waals surface area contributed by atoms with E-state index in [4.69, 9.17) is 0 Å². The summed E-state index contributed by atoms with van der Waals surface area (Å²) in [6, 6.07) is 9.80. The van der Waals surface area contributed by atoms with Crippen molar-refractivity contribution in [2.45, 2.75) is 13.8 Å². The molecule has 0 aliphatic rings. The molecular formula is C10H13N3. The second-order valence-electron chi connectivity index (χ2n) is 2.15. The van der Waals surface area contributed by atoms with Crippen LogP contribution < -0.4 is 0 Å². The van der Waals surface area contributed by atoms with Crippen LogP contribution in [-0.4, -0.2) is 15.0 Å². The minimum atomic E-state index is 0.984. The molecule has 0 spiro atoms. The third-order valence-electron chi connectivity index (χ3n) is 1.41. The van der Waals surface area contributed by atoms with Gasteiger partial charge >= 0.3 is 0 Å². The van der Waals surface area contributed by atoms with Crippen molar-refractivity contribution in [1.29, 1.82) is 0 Å². The third kappa shape index (κ3) is 2.40. The Kier molecular flexibility index (Phi) is 3.70. The van der Waals surface area contributed by atoms with E-state index in [1.807, 2.05) is 44.2 Å². The molecule has 0 atom stereocenters. The fraction of sp³-hybridized carbons (Fsp3) is 0.200. The van der Waals surface area contributed by atoms with E-state index in [2.05, 4.69) is 10.2 Å². The lowest BCUT2D eigenvalue weighted by Gasteiger charge is -1.95. The van der Waals surface area contributed by atoms with Crippen LogP contribution in [0.1, 0.15) is 13.8 Å². The summed E-state index contributed by atoms with van der Waals surface area (Å²) in [6.45, 7) is 4.00. The standard InChI is InChI=1S/C8H7N3.C2H6/c1-2-4-8(5-3-1)11-9-6-7-10-11;1-2/h1-7H;1-2H3. The van der Waals surface area contributed by atoms with Crippen molar-refractivity contribution < 1.29 is 0 Å². The van der Waals surface area contributed by atoms with Gasteiger partial charge in [0, 0.05) is 0 Å². The second kappa shape index (κ2) is 5.09. The molecule has 3 nitrogen and oxygen atoms in total. The minimum Gasteiger partial charge on any atom is -0.157 e. The highest BCUT2D eigenvalue weighted by Gasteiger charge is 1.92. The second-order valence-corrected chi connectivity index (χ2v) is 2.15. The molecule has 0 amide bonds. The Labute approximate surface area is 78.0 Å². The van der Waals surface area contributed by atoms with Gasteiger partial charge in [0.2, 0.25) is 0 Å². The van der Waals surface area contributed by atoms with E-state index in [0.29, 0.717) is 0 Å². The topological polar surface area (TPSA) is 30.7 Å². The Morgan fingerprint density at radius 2 is 1.46 bits per heavy atom. The van der Waals surface area contributed by atoms with Crippen molar-refractivity contribution in [3.8, 4) is 5.69 Å². The Bertz CT molecular complexity index is 313. The van der Waals surface area contributed by atoms with E-state index in [0.717, 1.165) is 5.69 Å². The smallest absolute Gasteiger partial charge is 0.0856 e.